The van der Waals surface area contributed by atoms with Gasteiger partial charge < -0.3 is 10.4 Å². The number of nitrogens with one attached hydrogen (secondary N) is 1. The van der Waals surface area contributed by atoms with Crippen molar-refractivity contribution in [1.82, 2.24) is 5.32 Å². The third-order valence-corrected chi connectivity index (χ3v) is 2.44. The van der Waals surface area contributed by atoms with Crippen molar-refractivity contribution in [2.24, 2.45) is 5.92 Å². The van der Waals surface area contributed by atoms with E-state index in [2.05, 4.69) is 5.32 Å². The van der Waals surface area contributed by atoms with Crippen molar-refractivity contribution >= 4 is 5.91 Å². The van der Waals surface area contributed by atoms with Gasteiger partial charge in [0.2, 0.25) is 5.91 Å². The lowest BCUT2D eigenvalue weighted by Crippen LogP contribution is -2.50. The molecule has 0 aromatic heterocycles. The van der Waals surface area contributed by atoms with E-state index in [-0.39, 0.29) is 18.4 Å². The zero-order chi connectivity index (χ0) is 9.90. The van der Waals surface area contributed by atoms with Gasteiger partial charge in [-0.3, -0.25) is 4.79 Å². The van der Waals surface area contributed by atoms with Gasteiger partial charge in [-0.25, -0.2) is 0 Å². The van der Waals surface area contributed by atoms with E-state index < -0.39 is 5.54 Å². The molecule has 1 unspecified atom stereocenters. The van der Waals surface area contributed by atoms with Crippen molar-refractivity contribution < 1.29 is 9.90 Å². The molecule has 0 aromatic carbocycles. The average molecular weight is 182 g/mol. The summed E-state index contributed by atoms with van der Waals surface area (Å²) in [6, 6.07) is 1.88. The quantitative estimate of drug-likeness (QED) is 0.653. The Kier molecular flexibility index (Phi) is 2.89. The van der Waals surface area contributed by atoms with Crippen LogP contribution < -0.4 is 5.32 Å². The molecule has 1 atom stereocenters. The van der Waals surface area contributed by atoms with E-state index in [1.807, 2.05) is 6.07 Å². The number of nitrogens with zero attached hydrogens (tertiary/aromatic N) is 1. The number of rotatable bonds is 3. The third kappa shape index (κ3) is 2.19. The molecule has 1 amide bonds. The molecule has 0 aromatic rings. The van der Waals surface area contributed by atoms with Gasteiger partial charge in [0.25, 0.3) is 0 Å². The first-order valence-corrected chi connectivity index (χ1v) is 4.45. The van der Waals surface area contributed by atoms with Gasteiger partial charge in [0, 0.05) is 5.92 Å². The van der Waals surface area contributed by atoms with Crippen molar-refractivity contribution in [2.45, 2.75) is 31.7 Å². The molecular formula is C9H14N2O2. The lowest BCUT2D eigenvalue weighted by molar-refractivity contribution is -0.129. The number of amides is 1. The van der Waals surface area contributed by atoms with E-state index >= 15 is 0 Å². The van der Waals surface area contributed by atoms with Gasteiger partial charge >= 0.3 is 0 Å². The fourth-order valence-electron chi connectivity index (χ4n) is 1.15. The summed E-state index contributed by atoms with van der Waals surface area (Å²) in [6.45, 7) is 1.17. The molecule has 0 spiro atoms. The first kappa shape index (κ1) is 10.0. The Morgan fingerprint density at radius 1 is 1.77 bits per heavy atom. The van der Waals surface area contributed by atoms with Crippen LogP contribution in [0.5, 0.6) is 0 Å². The molecule has 0 heterocycles. The number of hydrogen-bond donors (Lipinski definition) is 2. The summed E-state index contributed by atoms with van der Waals surface area (Å²) < 4.78 is 0. The monoisotopic (exact) mass is 182 g/mol. The molecular weight excluding hydrogens is 168 g/mol. The Labute approximate surface area is 77.6 Å². The molecule has 0 radical (unpaired) electrons. The molecule has 0 bridgehead atoms. The van der Waals surface area contributed by atoms with Crippen LogP contribution in [0.1, 0.15) is 26.2 Å². The van der Waals surface area contributed by atoms with Gasteiger partial charge in [-0.15, -0.1) is 0 Å². The Hall–Kier alpha value is -1.08. The van der Waals surface area contributed by atoms with Crippen molar-refractivity contribution in [3.05, 3.63) is 0 Å². The first-order valence-electron chi connectivity index (χ1n) is 4.45. The maximum absolute atomic E-state index is 11.4. The molecule has 4 heteroatoms. The van der Waals surface area contributed by atoms with E-state index in [1.165, 1.54) is 6.92 Å². The number of hydrogen-bond acceptors (Lipinski definition) is 3. The summed E-state index contributed by atoms with van der Waals surface area (Å²) in [4.78, 5) is 11.4. The van der Waals surface area contributed by atoms with Gasteiger partial charge in [-0.2, -0.15) is 5.26 Å². The second-order valence-electron chi connectivity index (χ2n) is 3.72. The van der Waals surface area contributed by atoms with Crippen LogP contribution in [0, 0.1) is 17.2 Å². The molecule has 13 heavy (non-hydrogen) atoms. The maximum atomic E-state index is 11.4. The summed E-state index contributed by atoms with van der Waals surface area (Å²) in [5, 5.41) is 20.1. The molecule has 1 fully saturated rings. The number of nitriles is 1. The fraction of sp³-hybridized carbons (Fsp3) is 0.778. The molecule has 2 N–H and O–H groups in total. The zero-order valence-corrected chi connectivity index (χ0v) is 7.71. The van der Waals surface area contributed by atoms with E-state index in [0.717, 1.165) is 19.3 Å². The lowest BCUT2D eigenvalue weighted by Gasteiger charge is -2.28. The van der Waals surface area contributed by atoms with Crippen LogP contribution in [-0.2, 0) is 4.79 Å². The lowest BCUT2D eigenvalue weighted by atomic mass is 9.84. The highest BCUT2D eigenvalue weighted by Gasteiger charge is 2.31. The van der Waals surface area contributed by atoms with Crippen LogP contribution in [0.15, 0.2) is 0 Å². The minimum absolute atomic E-state index is 0.0548. The Bertz CT molecular complexity index is 242. The number of carbonyl (C=O) groups is 1. The van der Waals surface area contributed by atoms with Gasteiger partial charge in [0.1, 0.15) is 5.54 Å². The average Bonchev–Trinajstić information content (AvgIpc) is 2.01. The Morgan fingerprint density at radius 3 is 2.69 bits per heavy atom. The summed E-state index contributed by atoms with van der Waals surface area (Å²) in [5.74, 6) is -0.0522. The minimum Gasteiger partial charge on any atom is -0.393 e. The molecule has 0 saturated heterocycles. The zero-order valence-electron chi connectivity index (χ0n) is 7.71. The van der Waals surface area contributed by atoms with Crippen LogP contribution in [-0.4, -0.2) is 23.2 Å². The SMILES string of the molecule is CC(C#N)(CO)NC(=O)C1CCC1. The molecule has 4 nitrogen and oxygen atoms in total. The van der Waals surface area contributed by atoms with Crippen LogP contribution in [0.3, 0.4) is 0 Å². The Morgan fingerprint density at radius 2 is 2.38 bits per heavy atom. The molecule has 0 aliphatic heterocycles. The second-order valence-corrected chi connectivity index (χ2v) is 3.72. The fourth-order valence-corrected chi connectivity index (χ4v) is 1.15. The molecule has 1 rings (SSSR count). The predicted molar refractivity (Wildman–Crippen MR) is 46.6 cm³/mol. The number of aliphatic hydroxyl groups excluding tert-OH is 1. The number of aliphatic hydroxyl groups is 1. The second kappa shape index (κ2) is 3.75. The topological polar surface area (TPSA) is 73.1 Å². The van der Waals surface area contributed by atoms with Gasteiger partial charge in [-0.1, -0.05) is 6.42 Å². The number of carbonyl (C=O) groups excluding carboxylic acids is 1. The van der Waals surface area contributed by atoms with Crippen molar-refractivity contribution in [1.29, 1.82) is 5.26 Å². The summed E-state index contributed by atoms with van der Waals surface area (Å²) in [6.07, 6.45) is 2.89. The van der Waals surface area contributed by atoms with Gasteiger partial charge in [0.05, 0.1) is 12.7 Å². The highest BCUT2D eigenvalue weighted by Crippen LogP contribution is 2.26. The maximum Gasteiger partial charge on any atom is 0.224 e. The van der Waals surface area contributed by atoms with Crippen LogP contribution in [0.2, 0.25) is 0 Å². The van der Waals surface area contributed by atoms with Gasteiger partial charge in [-0.05, 0) is 19.8 Å². The summed E-state index contributed by atoms with van der Waals surface area (Å²) in [7, 11) is 0. The largest absolute Gasteiger partial charge is 0.393 e. The standard InChI is InChI=1S/C9H14N2O2/c1-9(5-10,6-12)11-8(13)7-3-2-4-7/h7,12H,2-4,6H2,1H3,(H,11,13). The highest BCUT2D eigenvalue weighted by molar-refractivity contribution is 5.80. The van der Waals surface area contributed by atoms with Gasteiger partial charge in [0.15, 0.2) is 0 Å². The normalized spacial score (nSPS) is 21.0. The molecule has 72 valence electrons. The highest BCUT2D eigenvalue weighted by atomic mass is 16.3. The third-order valence-electron chi connectivity index (χ3n) is 2.44. The minimum atomic E-state index is -1.12. The predicted octanol–water partition coefficient (Wildman–Crippen LogP) is 0.177. The van der Waals surface area contributed by atoms with Crippen LogP contribution in [0.25, 0.3) is 0 Å². The van der Waals surface area contributed by atoms with E-state index in [1.54, 1.807) is 0 Å². The van der Waals surface area contributed by atoms with E-state index in [9.17, 15) is 4.79 Å². The van der Waals surface area contributed by atoms with E-state index in [4.69, 9.17) is 10.4 Å². The van der Waals surface area contributed by atoms with Crippen LogP contribution >= 0.6 is 0 Å². The first-order chi connectivity index (χ1) is 6.11. The molecule has 1 aliphatic rings. The summed E-state index contributed by atoms with van der Waals surface area (Å²) >= 11 is 0. The van der Waals surface area contributed by atoms with E-state index in [0.29, 0.717) is 0 Å². The van der Waals surface area contributed by atoms with Crippen molar-refractivity contribution in [2.75, 3.05) is 6.61 Å². The molecule has 1 aliphatic carbocycles. The Balaban J connectivity index is 2.46. The van der Waals surface area contributed by atoms with Crippen molar-refractivity contribution in [3.8, 4) is 6.07 Å². The molecule has 1 saturated carbocycles. The van der Waals surface area contributed by atoms with Crippen molar-refractivity contribution in [3.63, 3.8) is 0 Å². The smallest absolute Gasteiger partial charge is 0.224 e. The summed E-state index contributed by atoms with van der Waals surface area (Å²) in [5.41, 5.74) is -1.12. The van der Waals surface area contributed by atoms with Crippen LogP contribution in [0.4, 0.5) is 0 Å².